The number of fused-ring (bicyclic) bond motifs is 4. The minimum Gasteiger partial charge on any atom is -0.310 e. The van der Waals surface area contributed by atoms with Crippen LogP contribution in [0.25, 0.3) is 45.2 Å². The van der Waals surface area contributed by atoms with Crippen molar-refractivity contribution in [2.45, 2.75) is 26.2 Å². The van der Waals surface area contributed by atoms with Gasteiger partial charge >= 0.3 is 0 Å². The highest BCUT2D eigenvalue weighted by Crippen LogP contribution is 2.50. The van der Waals surface area contributed by atoms with Gasteiger partial charge in [-0.15, -0.1) is 0 Å². The Kier molecular flexibility index (Phi) is 7.11. The minimum absolute atomic E-state index is 0.0671. The van der Waals surface area contributed by atoms with E-state index < -0.39 is 0 Å². The molecule has 0 heterocycles. The lowest BCUT2D eigenvalue weighted by atomic mass is 9.82. The second-order valence-electron chi connectivity index (χ2n) is 13.2. The van der Waals surface area contributed by atoms with Crippen molar-refractivity contribution < 1.29 is 0 Å². The van der Waals surface area contributed by atoms with Gasteiger partial charge in [0, 0.05) is 22.5 Å². The first-order valence-electron chi connectivity index (χ1n) is 16.4. The van der Waals surface area contributed by atoms with Gasteiger partial charge in [-0.1, -0.05) is 153 Å². The summed E-state index contributed by atoms with van der Waals surface area (Å²) in [6, 6.07) is 57.6. The highest BCUT2D eigenvalue weighted by Gasteiger charge is 2.35. The molecule has 0 spiro atoms. The Bertz CT molecular complexity index is 2250. The molecular formula is C46H37N. The summed E-state index contributed by atoms with van der Waals surface area (Å²) in [5.41, 5.74) is 14.9. The molecule has 0 saturated heterocycles. The summed E-state index contributed by atoms with van der Waals surface area (Å²) >= 11 is 0. The van der Waals surface area contributed by atoms with Gasteiger partial charge < -0.3 is 4.90 Å². The fraction of sp³-hybridized carbons (Fsp3) is 0.0870. The van der Waals surface area contributed by atoms with E-state index in [1.807, 2.05) is 0 Å². The van der Waals surface area contributed by atoms with Gasteiger partial charge in [0.15, 0.2) is 0 Å². The van der Waals surface area contributed by atoms with E-state index in [1.165, 1.54) is 60.8 Å². The minimum atomic E-state index is -0.0671. The molecule has 0 fully saturated rings. The lowest BCUT2D eigenvalue weighted by molar-refractivity contribution is 0.660. The van der Waals surface area contributed by atoms with Crippen LogP contribution in [0.2, 0.25) is 0 Å². The molecular weight excluding hydrogens is 567 g/mol. The Hall–Kier alpha value is -5.66. The Morgan fingerprint density at radius 1 is 0.447 bits per heavy atom. The molecule has 0 atom stereocenters. The first kappa shape index (κ1) is 28.8. The molecule has 0 bridgehead atoms. The molecule has 0 amide bonds. The van der Waals surface area contributed by atoms with Crippen LogP contribution >= 0.6 is 0 Å². The molecule has 0 N–H and O–H groups in total. The first-order chi connectivity index (χ1) is 22.9. The maximum atomic E-state index is 2.40. The number of benzene rings is 7. The summed E-state index contributed by atoms with van der Waals surface area (Å²) in [5.74, 6) is 0. The van der Waals surface area contributed by atoms with E-state index in [1.54, 1.807) is 0 Å². The topological polar surface area (TPSA) is 3.24 Å². The van der Waals surface area contributed by atoms with Crippen molar-refractivity contribution >= 4 is 40.0 Å². The third-order valence-electron chi connectivity index (χ3n) is 9.73. The van der Waals surface area contributed by atoms with Gasteiger partial charge in [-0.3, -0.25) is 0 Å². The number of rotatable bonds is 6. The second-order valence-corrected chi connectivity index (χ2v) is 13.2. The predicted octanol–water partition coefficient (Wildman–Crippen LogP) is 12.8. The predicted molar refractivity (Wildman–Crippen MR) is 202 cm³/mol. The lowest BCUT2D eigenvalue weighted by Crippen LogP contribution is -2.16. The van der Waals surface area contributed by atoms with E-state index in [4.69, 9.17) is 0 Å². The molecule has 1 aliphatic carbocycles. The van der Waals surface area contributed by atoms with E-state index >= 15 is 0 Å². The summed E-state index contributed by atoms with van der Waals surface area (Å²) in [4.78, 5) is 2.40. The average Bonchev–Trinajstić information content (AvgIpc) is 3.34. The standard InChI is InChI=1S/C46H37N/c1-32-12-14-33(15-13-32)16-17-34-18-20-36(21-19-34)37-22-25-39(26-23-37)47(40-27-24-35-8-4-5-9-38(35)30-40)41-28-29-43-42-10-6-7-11-44(42)46(2,3)45(43)31-41/h4-31H,1-3H3. The van der Waals surface area contributed by atoms with Crippen molar-refractivity contribution in [1.29, 1.82) is 0 Å². The van der Waals surface area contributed by atoms with Gasteiger partial charge in [0.1, 0.15) is 0 Å². The van der Waals surface area contributed by atoms with Crippen molar-refractivity contribution in [2.24, 2.45) is 0 Å². The number of hydrogen-bond acceptors (Lipinski definition) is 1. The van der Waals surface area contributed by atoms with Crippen molar-refractivity contribution in [3.05, 3.63) is 186 Å². The molecule has 1 heteroatoms. The molecule has 0 unspecified atom stereocenters. The van der Waals surface area contributed by atoms with E-state index in [-0.39, 0.29) is 5.41 Å². The van der Waals surface area contributed by atoms with Crippen LogP contribution < -0.4 is 4.90 Å². The van der Waals surface area contributed by atoms with E-state index in [0.717, 1.165) is 17.1 Å². The largest absolute Gasteiger partial charge is 0.310 e. The van der Waals surface area contributed by atoms with Gasteiger partial charge in [-0.05, 0) is 98.6 Å². The van der Waals surface area contributed by atoms with Crippen LogP contribution in [0.5, 0.6) is 0 Å². The van der Waals surface area contributed by atoms with Crippen LogP contribution in [0.15, 0.2) is 158 Å². The Morgan fingerprint density at radius 3 is 1.70 bits per heavy atom. The number of aryl methyl sites for hydroxylation is 1. The zero-order chi connectivity index (χ0) is 32.0. The molecule has 1 aliphatic rings. The lowest BCUT2D eigenvalue weighted by Gasteiger charge is -2.28. The Balaban J connectivity index is 1.15. The maximum Gasteiger partial charge on any atom is 0.0468 e. The quantitative estimate of drug-likeness (QED) is 0.171. The molecule has 7 aromatic rings. The third kappa shape index (κ3) is 5.34. The fourth-order valence-electron chi connectivity index (χ4n) is 7.05. The van der Waals surface area contributed by atoms with Crippen LogP contribution in [-0.2, 0) is 5.41 Å². The van der Waals surface area contributed by atoms with Gasteiger partial charge in [-0.25, -0.2) is 0 Å². The summed E-state index contributed by atoms with van der Waals surface area (Å²) in [6.07, 6.45) is 4.35. The van der Waals surface area contributed by atoms with Crippen LogP contribution in [0.4, 0.5) is 17.1 Å². The SMILES string of the molecule is Cc1ccc(C=Cc2ccc(-c3ccc(N(c4ccc5c(c4)C(C)(C)c4ccccc4-5)c4ccc5ccccc5c4)cc3)cc2)cc1. The van der Waals surface area contributed by atoms with E-state index in [2.05, 4.69) is 196 Å². The first-order valence-corrected chi connectivity index (χ1v) is 16.4. The summed E-state index contributed by atoms with van der Waals surface area (Å²) in [7, 11) is 0. The number of anilines is 3. The van der Waals surface area contributed by atoms with Gasteiger partial charge in [-0.2, -0.15) is 0 Å². The number of nitrogens with zero attached hydrogens (tertiary/aromatic N) is 1. The molecule has 8 rings (SSSR count). The Labute approximate surface area is 278 Å². The zero-order valence-corrected chi connectivity index (χ0v) is 27.1. The number of hydrogen-bond donors (Lipinski definition) is 0. The van der Waals surface area contributed by atoms with Gasteiger partial charge in [0.2, 0.25) is 0 Å². The monoisotopic (exact) mass is 603 g/mol. The smallest absolute Gasteiger partial charge is 0.0468 e. The molecule has 7 aromatic carbocycles. The Morgan fingerprint density at radius 2 is 0.979 bits per heavy atom. The van der Waals surface area contributed by atoms with E-state index in [0.29, 0.717) is 0 Å². The van der Waals surface area contributed by atoms with Crippen molar-refractivity contribution in [1.82, 2.24) is 0 Å². The third-order valence-corrected chi connectivity index (χ3v) is 9.73. The van der Waals surface area contributed by atoms with E-state index in [9.17, 15) is 0 Å². The molecule has 0 saturated carbocycles. The fourth-order valence-corrected chi connectivity index (χ4v) is 7.05. The van der Waals surface area contributed by atoms with Crippen LogP contribution in [-0.4, -0.2) is 0 Å². The summed E-state index contributed by atoms with van der Waals surface area (Å²) in [6.45, 7) is 6.81. The highest BCUT2D eigenvalue weighted by molar-refractivity contribution is 5.91. The molecule has 0 radical (unpaired) electrons. The van der Waals surface area contributed by atoms with Crippen molar-refractivity contribution in [3.8, 4) is 22.3 Å². The summed E-state index contributed by atoms with van der Waals surface area (Å²) in [5, 5.41) is 2.48. The van der Waals surface area contributed by atoms with Gasteiger partial charge in [0.25, 0.3) is 0 Å². The van der Waals surface area contributed by atoms with Crippen molar-refractivity contribution in [3.63, 3.8) is 0 Å². The molecule has 0 aliphatic heterocycles. The summed E-state index contributed by atoms with van der Waals surface area (Å²) < 4.78 is 0. The van der Waals surface area contributed by atoms with Crippen LogP contribution in [0, 0.1) is 6.92 Å². The van der Waals surface area contributed by atoms with Crippen LogP contribution in [0.3, 0.4) is 0 Å². The highest BCUT2D eigenvalue weighted by atomic mass is 15.1. The van der Waals surface area contributed by atoms with Gasteiger partial charge in [0.05, 0.1) is 0 Å². The molecule has 1 nitrogen and oxygen atoms in total. The normalized spacial score (nSPS) is 13.1. The molecule has 0 aromatic heterocycles. The van der Waals surface area contributed by atoms with Crippen molar-refractivity contribution in [2.75, 3.05) is 4.90 Å². The maximum absolute atomic E-state index is 2.40. The molecule has 47 heavy (non-hydrogen) atoms. The second kappa shape index (κ2) is 11.6. The zero-order valence-electron chi connectivity index (χ0n) is 27.1. The molecule has 226 valence electrons. The van der Waals surface area contributed by atoms with Crippen LogP contribution in [0.1, 0.15) is 41.7 Å². The average molecular weight is 604 g/mol.